The van der Waals surface area contributed by atoms with Gasteiger partial charge in [-0.3, -0.25) is 9.59 Å². The molecule has 2 aliphatic rings. The maximum absolute atomic E-state index is 13.2. The normalized spacial score (nSPS) is 19.3. The highest BCUT2D eigenvalue weighted by Crippen LogP contribution is 2.32. The molecular formula is C27H30ClFN6O2. The van der Waals surface area contributed by atoms with Crippen molar-refractivity contribution < 1.29 is 14.0 Å². The number of nitrogens with two attached hydrogens (primary N) is 1. The summed E-state index contributed by atoms with van der Waals surface area (Å²) in [6.45, 7) is 6.63. The highest BCUT2D eigenvalue weighted by atomic mass is 35.5. The molecule has 0 aliphatic carbocycles. The van der Waals surface area contributed by atoms with E-state index in [2.05, 4.69) is 15.3 Å². The van der Waals surface area contributed by atoms with Crippen molar-refractivity contribution in [3.63, 3.8) is 0 Å². The van der Waals surface area contributed by atoms with Crippen molar-refractivity contribution in [2.24, 2.45) is 11.8 Å². The molecule has 0 spiro atoms. The number of carbonyl (C=O) groups is 2. The molecule has 2 amide bonds. The van der Waals surface area contributed by atoms with Crippen LogP contribution in [-0.2, 0) is 0 Å². The summed E-state index contributed by atoms with van der Waals surface area (Å²) in [5, 5.41) is 7.81. The van der Waals surface area contributed by atoms with E-state index in [-0.39, 0.29) is 23.4 Å². The molecule has 0 bridgehead atoms. The molecule has 3 N–H and O–H groups in total. The highest BCUT2D eigenvalue weighted by Gasteiger charge is 2.42. The Morgan fingerprint density at radius 3 is 2.49 bits per heavy atom. The fourth-order valence-electron chi connectivity index (χ4n) is 5.26. The molecule has 37 heavy (non-hydrogen) atoms. The van der Waals surface area contributed by atoms with E-state index >= 15 is 0 Å². The van der Waals surface area contributed by atoms with Crippen molar-refractivity contribution in [2.45, 2.75) is 13.3 Å². The van der Waals surface area contributed by atoms with Crippen LogP contribution in [0.4, 0.5) is 10.2 Å². The number of halogens is 2. The number of likely N-dealkylation sites (tertiary alicyclic amines) is 2. The van der Waals surface area contributed by atoms with E-state index in [9.17, 15) is 14.0 Å². The van der Waals surface area contributed by atoms with Crippen molar-refractivity contribution in [1.29, 1.82) is 0 Å². The Labute approximate surface area is 220 Å². The number of carbonyl (C=O) groups excluding carboxylic acids is 2. The second-order valence-corrected chi connectivity index (χ2v) is 10.3. The number of nitrogens with one attached hydrogen (secondary N) is 1. The zero-order valence-electron chi connectivity index (χ0n) is 20.7. The molecule has 3 aromatic rings. The number of fused-ring (bicyclic) bond motifs is 1. The third-order valence-corrected chi connectivity index (χ3v) is 7.74. The van der Waals surface area contributed by atoms with Gasteiger partial charge in [0.2, 0.25) is 0 Å². The lowest BCUT2D eigenvalue weighted by molar-refractivity contribution is 0.0775. The SMILES string of the molecule is Cc1ccc(C(=O)NCCCN2CC3CN(C(=O)c4cnn(-c5ccc(F)cc5)c4N)CC3C2)cc1Cl. The van der Waals surface area contributed by atoms with E-state index in [0.29, 0.717) is 53.3 Å². The first-order valence-electron chi connectivity index (χ1n) is 12.5. The minimum Gasteiger partial charge on any atom is -0.383 e. The number of hydrogen-bond acceptors (Lipinski definition) is 5. The van der Waals surface area contributed by atoms with Crippen LogP contribution < -0.4 is 11.1 Å². The smallest absolute Gasteiger partial charge is 0.259 e. The van der Waals surface area contributed by atoms with Crippen LogP contribution in [0.3, 0.4) is 0 Å². The highest BCUT2D eigenvalue weighted by molar-refractivity contribution is 6.31. The van der Waals surface area contributed by atoms with Crippen molar-refractivity contribution in [3.8, 4) is 5.69 Å². The summed E-state index contributed by atoms with van der Waals surface area (Å²) in [5.74, 6) is 0.511. The average molecular weight is 525 g/mol. The van der Waals surface area contributed by atoms with Crippen LogP contribution in [0.2, 0.25) is 5.02 Å². The summed E-state index contributed by atoms with van der Waals surface area (Å²) >= 11 is 6.12. The first-order valence-corrected chi connectivity index (χ1v) is 12.8. The molecule has 3 heterocycles. The molecule has 2 aromatic carbocycles. The van der Waals surface area contributed by atoms with Crippen LogP contribution in [0.5, 0.6) is 0 Å². The molecule has 2 atom stereocenters. The molecule has 5 rings (SSSR count). The van der Waals surface area contributed by atoms with Crippen molar-refractivity contribution in [1.82, 2.24) is 24.9 Å². The first-order chi connectivity index (χ1) is 17.8. The van der Waals surface area contributed by atoms with Gasteiger partial charge in [-0.25, -0.2) is 9.07 Å². The van der Waals surface area contributed by atoms with E-state index in [1.54, 1.807) is 24.3 Å². The number of rotatable bonds is 7. The summed E-state index contributed by atoms with van der Waals surface area (Å²) in [4.78, 5) is 29.8. The third-order valence-electron chi connectivity index (χ3n) is 7.33. The lowest BCUT2D eigenvalue weighted by Gasteiger charge is -2.21. The van der Waals surface area contributed by atoms with Gasteiger partial charge in [0.05, 0.1) is 11.9 Å². The molecule has 194 valence electrons. The summed E-state index contributed by atoms with van der Waals surface area (Å²) in [5.41, 5.74) is 8.72. The molecule has 2 fully saturated rings. The monoisotopic (exact) mass is 524 g/mol. The maximum Gasteiger partial charge on any atom is 0.259 e. The van der Waals surface area contributed by atoms with E-state index in [0.717, 1.165) is 31.6 Å². The van der Waals surface area contributed by atoms with Gasteiger partial charge in [-0.1, -0.05) is 17.7 Å². The largest absolute Gasteiger partial charge is 0.383 e. The Morgan fingerprint density at radius 1 is 1.11 bits per heavy atom. The number of anilines is 1. The minimum atomic E-state index is -0.346. The fourth-order valence-corrected chi connectivity index (χ4v) is 5.44. The van der Waals surface area contributed by atoms with Gasteiger partial charge in [0.15, 0.2) is 0 Å². The molecule has 0 radical (unpaired) electrons. The molecule has 10 heteroatoms. The van der Waals surface area contributed by atoms with Crippen LogP contribution in [0, 0.1) is 24.6 Å². The predicted octanol–water partition coefficient (Wildman–Crippen LogP) is 3.38. The second-order valence-electron chi connectivity index (χ2n) is 9.89. The number of hydrogen-bond donors (Lipinski definition) is 2. The zero-order valence-corrected chi connectivity index (χ0v) is 21.4. The van der Waals surface area contributed by atoms with Crippen molar-refractivity contribution >= 4 is 29.2 Å². The molecule has 2 saturated heterocycles. The maximum atomic E-state index is 13.2. The van der Waals surface area contributed by atoms with Gasteiger partial charge < -0.3 is 20.9 Å². The van der Waals surface area contributed by atoms with Crippen LogP contribution >= 0.6 is 11.6 Å². The van der Waals surface area contributed by atoms with Crippen LogP contribution in [0.1, 0.15) is 32.7 Å². The average Bonchev–Trinajstić information content (AvgIpc) is 3.57. The molecular weight excluding hydrogens is 495 g/mol. The van der Waals surface area contributed by atoms with Gasteiger partial charge >= 0.3 is 0 Å². The lowest BCUT2D eigenvalue weighted by Crippen LogP contribution is -2.34. The lowest BCUT2D eigenvalue weighted by atomic mass is 10.0. The summed E-state index contributed by atoms with van der Waals surface area (Å²) in [7, 11) is 0. The van der Waals surface area contributed by atoms with Crippen LogP contribution in [0.15, 0.2) is 48.7 Å². The quantitative estimate of drug-likeness (QED) is 0.462. The van der Waals surface area contributed by atoms with Crippen LogP contribution in [-0.4, -0.2) is 70.7 Å². The fraction of sp³-hybridized carbons (Fsp3) is 0.370. The number of nitrogens with zero attached hydrogens (tertiary/aromatic N) is 4. The number of aromatic nitrogens is 2. The molecule has 2 aliphatic heterocycles. The Morgan fingerprint density at radius 2 is 1.81 bits per heavy atom. The Bertz CT molecular complexity index is 1300. The van der Waals surface area contributed by atoms with Gasteiger partial charge in [0.25, 0.3) is 11.8 Å². The molecule has 0 saturated carbocycles. The Hall–Kier alpha value is -3.43. The summed E-state index contributed by atoms with van der Waals surface area (Å²) in [6.07, 6.45) is 2.34. The summed E-state index contributed by atoms with van der Waals surface area (Å²) < 4.78 is 14.7. The van der Waals surface area contributed by atoms with Crippen LogP contribution in [0.25, 0.3) is 5.69 Å². The van der Waals surface area contributed by atoms with Gasteiger partial charge in [0, 0.05) is 43.3 Å². The number of aryl methyl sites for hydroxylation is 1. The molecule has 8 nitrogen and oxygen atoms in total. The second kappa shape index (κ2) is 10.5. The standard InChI is InChI=1S/C27H30ClFN6O2/c1-17-3-4-18(11-24(17)28)26(36)31-9-2-10-33-13-19-15-34(16-20(19)14-33)27(37)23-12-32-35(25(23)30)22-7-5-21(29)6-8-22/h3-8,11-12,19-20H,2,9-10,13-16,30H2,1H3,(H,31,36). The van der Waals surface area contributed by atoms with Crippen molar-refractivity contribution in [2.75, 3.05) is 45.0 Å². The minimum absolute atomic E-state index is 0.114. The number of amides is 2. The van der Waals surface area contributed by atoms with Gasteiger partial charge in [-0.05, 0) is 73.7 Å². The number of benzene rings is 2. The van der Waals surface area contributed by atoms with Crippen molar-refractivity contribution in [3.05, 3.63) is 76.2 Å². The Kier molecular flexibility index (Phi) is 7.17. The Balaban J connectivity index is 1.08. The summed E-state index contributed by atoms with van der Waals surface area (Å²) in [6, 6.07) is 11.1. The van der Waals surface area contributed by atoms with Gasteiger partial charge in [0.1, 0.15) is 17.2 Å². The van der Waals surface area contributed by atoms with E-state index < -0.39 is 0 Å². The van der Waals surface area contributed by atoms with E-state index in [4.69, 9.17) is 17.3 Å². The third kappa shape index (κ3) is 5.33. The first kappa shape index (κ1) is 25.2. The van der Waals surface area contributed by atoms with E-state index in [1.165, 1.54) is 23.0 Å². The molecule has 1 aromatic heterocycles. The predicted molar refractivity (Wildman–Crippen MR) is 140 cm³/mol. The van der Waals surface area contributed by atoms with E-state index in [1.807, 2.05) is 17.9 Å². The number of nitrogen functional groups attached to an aromatic ring is 1. The zero-order chi connectivity index (χ0) is 26.1. The van der Waals surface area contributed by atoms with Gasteiger partial charge in [-0.2, -0.15) is 5.10 Å². The topological polar surface area (TPSA) is 96.5 Å². The van der Waals surface area contributed by atoms with Gasteiger partial charge in [-0.15, -0.1) is 0 Å². The molecule has 2 unspecified atom stereocenters.